The second kappa shape index (κ2) is 4.92. The number of fused-ring (bicyclic) bond motifs is 1. The molecule has 1 amide bonds. The summed E-state index contributed by atoms with van der Waals surface area (Å²) in [6.07, 6.45) is 0. The van der Waals surface area contributed by atoms with Crippen molar-refractivity contribution in [2.24, 2.45) is 0 Å². The number of carbonyl (C=O) groups is 1. The van der Waals surface area contributed by atoms with Gasteiger partial charge in [-0.2, -0.15) is 0 Å². The van der Waals surface area contributed by atoms with Gasteiger partial charge in [0.2, 0.25) is 0 Å². The number of carbonyl (C=O) groups excluding carboxylic acids is 1. The van der Waals surface area contributed by atoms with Crippen LogP contribution in [0.15, 0.2) is 29.6 Å². The summed E-state index contributed by atoms with van der Waals surface area (Å²) in [5, 5.41) is 5.00. The number of thiophene rings is 2. The average Bonchev–Trinajstić information content (AvgIpc) is 2.96. The third-order valence-corrected chi connectivity index (χ3v) is 5.32. The fourth-order valence-electron chi connectivity index (χ4n) is 2.03. The normalized spacial score (nSPS) is 10.9. The number of amides is 1. The van der Waals surface area contributed by atoms with Crippen molar-refractivity contribution >= 4 is 49.4 Å². The lowest BCUT2D eigenvalue weighted by Crippen LogP contribution is -2.11. The van der Waals surface area contributed by atoms with Crippen molar-refractivity contribution in [1.29, 1.82) is 0 Å². The number of anilines is 2. The number of benzene rings is 1. The van der Waals surface area contributed by atoms with Gasteiger partial charge >= 0.3 is 0 Å². The standard InChI is InChI=1S/C15H14N2OS2/c1-8-6-11(9(2)5-10(8)16)17-15(18)14-7-13-12(20-14)3-4-19-13/h3-7H,16H2,1-2H3,(H,17,18). The molecule has 3 nitrogen and oxygen atoms in total. The molecule has 20 heavy (non-hydrogen) atoms. The number of nitrogens with one attached hydrogen (secondary N) is 1. The second-order valence-corrected chi connectivity index (χ2v) is 6.77. The van der Waals surface area contributed by atoms with Crippen molar-refractivity contribution in [3.05, 3.63) is 45.6 Å². The molecule has 102 valence electrons. The minimum absolute atomic E-state index is 0.0642. The number of hydrogen-bond donors (Lipinski definition) is 2. The van der Waals surface area contributed by atoms with E-state index >= 15 is 0 Å². The predicted octanol–water partition coefficient (Wildman–Crippen LogP) is 4.41. The van der Waals surface area contributed by atoms with Crippen LogP contribution in [0.4, 0.5) is 11.4 Å². The molecular formula is C15H14N2OS2. The Morgan fingerprint density at radius 1 is 1.15 bits per heavy atom. The molecule has 3 rings (SSSR count). The monoisotopic (exact) mass is 302 g/mol. The fourth-order valence-corrected chi connectivity index (χ4v) is 4.04. The van der Waals surface area contributed by atoms with Crippen molar-refractivity contribution in [2.75, 3.05) is 11.1 Å². The summed E-state index contributed by atoms with van der Waals surface area (Å²) < 4.78 is 2.32. The molecule has 0 atom stereocenters. The van der Waals surface area contributed by atoms with Gasteiger partial charge in [0.05, 0.1) is 4.88 Å². The van der Waals surface area contributed by atoms with Crippen molar-refractivity contribution in [3.8, 4) is 0 Å². The second-order valence-electron chi connectivity index (χ2n) is 4.74. The minimum atomic E-state index is -0.0642. The molecule has 2 aromatic heterocycles. The topological polar surface area (TPSA) is 55.1 Å². The Bertz CT molecular complexity index is 773. The Balaban J connectivity index is 1.89. The summed E-state index contributed by atoms with van der Waals surface area (Å²) in [7, 11) is 0. The van der Waals surface area contributed by atoms with Crippen LogP contribution >= 0.6 is 22.7 Å². The highest BCUT2D eigenvalue weighted by molar-refractivity contribution is 7.27. The Kier molecular flexibility index (Phi) is 3.23. The van der Waals surface area contributed by atoms with Crippen LogP contribution in [0, 0.1) is 13.8 Å². The van der Waals surface area contributed by atoms with Gasteiger partial charge in [0.1, 0.15) is 0 Å². The smallest absolute Gasteiger partial charge is 0.265 e. The third-order valence-electron chi connectivity index (χ3n) is 3.22. The van der Waals surface area contributed by atoms with Crippen molar-refractivity contribution < 1.29 is 4.79 Å². The summed E-state index contributed by atoms with van der Waals surface area (Å²) in [5.74, 6) is -0.0642. The Morgan fingerprint density at radius 2 is 1.95 bits per heavy atom. The van der Waals surface area contributed by atoms with E-state index in [9.17, 15) is 4.79 Å². The van der Waals surface area contributed by atoms with Crippen molar-refractivity contribution in [1.82, 2.24) is 0 Å². The van der Waals surface area contributed by atoms with Gasteiger partial charge in [-0.25, -0.2) is 0 Å². The van der Waals surface area contributed by atoms with Gasteiger partial charge in [0.25, 0.3) is 5.91 Å². The summed E-state index contributed by atoms with van der Waals surface area (Å²) in [5.41, 5.74) is 9.37. The number of hydrogen-bond acceptors (Lipinski definition) is 4. The quantitative estimate of drug-likeness (QED) is 0.689. The molecule has 2 heterocycles. The summed E-state index contributed by atoms with van der Waals surface area (Å²) in [4.78, 5) is 13.0. The van der Waals surface area contributed by atoms with Gasteiger partial charge in [-0.15, -0.1) is 22.7 Å². The summed E-state index contributed by atoms with van der Waals surface area (Å²) >= 11 is 3.17. The molecule has 3 aromatic rings. The molecule has 0 radical (unpaired) electrons. The van der Waals surface area contributed by atoms with Gasteiger partial charge < -0.3 is 11.1 Å². The molecule has 0 fully saturated rings. The lowest BCUT2D eigenvalue weighted by molar-refractivity contribution is 0.103. The first kappa shape index (κ1) is 13.1. The average molecular weight is 302 g/mol. The molecule has 0 bridgehead atoms. The van der Waals surface area contributed by atoms with Crippen LogP contribution in [0.1, 0.15) is 20.8 Å². The first-order valence-electron chi connectivity index (χ1n) is 6.19. The first-order valence-corrected chi connectivity index (χ1v) is 7.89. The summed E-state index contributed by atoms with van der Waals surface area (Å²) in [6, 6.07) is 7.79. The lowest BCUT2D eigenvalue weighted by atomic mass is 10.1. The maximum atomic E-state index is 12.3. The van der Waals surface area contributed by atoms with E-state index in [1.807, 2.05) is 43.5 Å². The molecule has 5 heteroatoms. The van der Waals surface area contributed by atoms with Gasteiger partial charge in [0, 0.05) is 20.8 Å². The highest BCUT2D eigenvalue weighted by atomic mass is 32.1. The number of aryl methyl sites for hydroxylation is 2. The van der Waals surface area contributed by atoms with E-state index in [1.165, 1.54) is 11.3 Å². The zero-order valence-electron chi connectivity index (χ0n) is 11.2. The van der Waals surface area contributed by atoms with Crippen LogP contribution in [0.25, 0.3) is 9.40 Å². The van der Waals surface area contributed by atoms with E-state index in [4.69, 9.17) is 5.73 Å². The van der Waals surface area contributed by atoms with E-state index in [0.29, 0.717) is 0 Å². The van der Waals surface area contributed by atoms with E-state index in [1.54, 1.807) is 11.3 Å². The molecule has 0 saturated carbocycles. The lowest BCUT2D eigenvalue weighted by Gasteiger charge is -2.10. The minimum Gasteiger partial charge on any atom is -0.399 e. The predicted molar refractivity (Wildman–Crippen MR) is 88.0 cm³/mol. The molecular weight excluding hydrogens is 288 g/mol. The number of rotatable bonds is 2. The molecule has 1 aromatic carbocycles. The molecule has 0 aliphatic carbocycles. The van der Waals surface area contributed by atoms with Crippen LogP contribution in [0.5, 0.6) is 0 Å². The number of nitrogens with two attached hydrogens (primary N) is 1. The zero-order valence-corrected chi connectivity index (χ0v) is 12.8. The van der Waals surface area contributed by atoms with Crippen molar-refractivity contribution in [2.45, 2.75) is 13.8 Å². The highest BCUT2D eigenvalue weighted by Gasteiger charge is 2.12. The first-order chi connectivity index (χ1) is 9.54. The van der Waals surface area contributed by atoms with Gasteiger partial charge in [-0.1, -0.05) is 0 Å². The van der Waals surface area contributed by atoms with Gasteiger partial charge in [-0.05, 0) is 54.6 Å². The van der Waals surface area contributed by atoms with Crippen LogP contribution in [-0.2, 0) is 0 Å². The van der Waals surface area contributed by atoms with Crippen LogP contribution in [-0.4, -0.2) is 5.91 Å². The molecule has 0 spiro atoms. The molecule has 0 saturated heterocycles. The maximum Gasteiger partial charge on any atom is 0.265 e. The SMILES string of the molecule is Cc1cc(NC(=O)c2cc3sccc3s2)c(C)cc1N. The largest absolute Gasteiger partial charge is 0.399 e. The summed E-state index contributed by atoms with van der Waals surface area (Å²) in [6.45, 7) is 3.88. The zero-order chi connectivity index (χ0) is 14.3. The molecule has 0 aliphatic rings. The van der Waals surface area contributed by atoms with Gasteiger partial charge in [0.15, 0.2) is 0 Å². The molecule has 0 aliphatic heterocycles. The Hall–Kier alpha value is -1.85. The molecule has 0 unspecified atom stereocenters. The van der Waals surface area contributed by atoms with Crippen LogP contribution < -0.4 is 11.1 Å². The number of nitrogen functional groups attached to an aromatic ring is 1. The maximum absolute atomic E-state index is 12.3. The van der Waals surface area contributed by atoms with E-state index in [2.05, 4.69) is 5.32 Å². The van der Waals surface area contributed by atoms with Gasteiger partial charge in [-0.3, -0.25) is 4.79 Å². The van der Waals surface area contributed by atoms with Crippen LogP contribution in [0.3, 0.4) is 0 Å². The van der Waals surface area contributed by atoms with Crippen molar-refractivity contribution in [3.63, 3.8) is 0 Å². The van der Waals surface area contributed by atoms with E-state index < -0.39 is 0 Å². The van der Waals surface area contributed by atoms with E-state index in [0.717, 1.165) is 36.8 Å². The Labute approximate surface area is 125 Å². The molecule has 3 N–H and O–H groups in total. The highest BCUT2D eigenvalue weighted by Crippen LogP contribution is 2.31. The Morgan fingerprint density at radius 3 is 2.70 bits per heavy atom. The van der Waals surface area contributed by atoms with E-state index in [-0.39, 0.29) is 5.91 Å². The van der Waals surface area contributed by atoms with Crippen LogP contribution in [0.2, 0.25) is 0 Å². The fraction of sp³-hybridized carbons (Fsp3) is 0.133. The third kappa shape index (κ3) is 2.30.